The Bertz CT molecular complexity index is 223. The van der Waals surface area contributed by atoms with Gasteiger partial charge in [0.05, 0.1) is 0 Å². The number of nitrogens with one attached hydrogen (secondary N) is 1. The zero-order valence-corrected chi connectivity index (χ0v) is 9.50. The van der Waals surface area contributed by atoms with Crippen LogP contribution in [-0.4, -0.2) is 13.1 Å². The summed E-state index contributed by atoms with van der Waals surface area (Å²) in [6.07, 6.45) is 7.56. The van der Waals surface area contributed by atoms with Gasteiger partial charge in [-0.05, 0) is 62.3 Å². The first kappa shape index (κ1) is 9.21. The van der Waals surface area contributed by atoms with Crippen LogP contribution in [0, 0.1) is 29.6 Å². The lowest BCUT2D eigenvalue weighted by molar-refractivity contribution is 0.179. The Hall–Kier alpha value is -0.0400. The van der Waals surface area contributed by atoms with E-state index in [1.807, 2.05) is 0 Å². The molecule has 6 unspecified atom stereocenters. The van der Waals surface area contributed by atoms with E-state index in [1.54, 1.807) is 12.8 Å². The molecule has 3 aliphatic rings. The SMILES string of the molecule is CCC1CCC2C3CC(CC3NC)C12. The summed E-state index contributed by atoms with van der Waals surface area (Å²) in [4.78, 5) is 0. The van der Waals surface area contributed by atoms with Crippen LogP contribution in [0.3, 0.4) is 0 Å². The molecular formula is C13H23N. The van der Waals surface area contributed by atoms with E-state index < -0.39 is 0 Å². The van der Waals surface area contributed by atoms with Crippen molar-refractivity contribution in [2.75, 3.05) is 7.05 Å². The van der Waals surface area contributed by atoms with E-state index >= 15 is 0 Å². The molecule has 0 spiro atoms. The highest BCUT2D eigenvalue weighted by Gasteiger charge is 2.56. The second kappa shape index (κ2) is 3.23. The van der Waals surface area contributed by atoms with Crippen molar-refractivity contribution in [1.82, 2.24) is 5.32 Å². The minimum absolute atomic E-state index is 0.872. The van der Waals surface area contributed by atoms with Crippen molar-refractivity contribution in [1.29, 1.82) is 0 Å². The average Bonchev–Trinajstić information content (AvgIpc) is 2.87. The van der Waals surface area contributed by atoms with Gasteiger partial charge in [0.1, 0.15) is 0 Å². The largest absolute Gasteiger partial charge is 0.317 e. The van der Waals surface area contributed by atoms with Crippen LogP contribution in [0.15, 0.2) is 0 Å². The summed E-state index contributed by atoms with van der Waals surface area (Å²) in [5, 5.41) is 3.54. The third-order valence-corrected chi connectivity index (χ3v) is 5.55. The standard InChI is InChI=1S/C13H23N/c1-3-8-4-5-10-11-6-9(13(8)10)7-12(11)14-2/h8-14H,3-7H2,1-2H3. The molecule has 80 valence electrons. The van der Waals surface area contributed by atoms with Crippen molar-refractivity contribution in [3.8, 4) is 0 Å². The van der Waals surface area contributed by atoms with Gasteiger partial charge in [0, 0.05) is 6.04 Å². The normalized spacial score (nSPS) is 55.3. The van der Waals surface area contributed by atoms with Gasteiger partial charge in [0.25, 0.3) is 0 Å². The Balaban J connectivity index is 1.80. The van der Waals surface area contributed by atoms with Crippen molar-refractivity contribution in [3.63, 3.8) is 0 Å². The summed E-state index contributed by atoms with van der Waals surface area (Å²) >= 11 is 0. The molecule has 0 heterocycles. The second-order valence-corrected chi connectivity index (χ2v) is 5.78. The highest BCUT2D eigenvalue weighted by Crippen LogP contribution is 2.61. The Morgan fingerprint density at radius 1 is 1.14 bits per heavy atom. The van der Waals surface area contributed by atoms with Crippen LogP contribution in [0.1, 0.15) is 39.0 Å². The quantitative estimate of drug-likeness (QED) is 0.711. The van der Waals surface area contributed by atoms with Crippen LogP contribution in [0.2, 0.25) is 0 Å². The summed E-state index contributed by atoms with van der Waals surface area (Å²) in [5.41, 5.74) is 0. The number of hydrogen-bond acceptors (Lipinski definition) is 1. The van der Waals surface area contributed by atoms with Gasteiger partial charge in [0.15, 0.2) is 0 Å². The fourth-order valence-electron chi connectivity index (χ4n) is 5.08. The monoisotopic (exact) mass is 193 g/mol. The van der Waals surface area contributed by atoms with E-state index in [0.29, 0.717) is 0 Å². The molecule has 0 aromatic heterocycles. The maximum Gasteiger partial charge on any atom is 0.00979 e. The smallest absolute Gasteiger partial charge is 0.00979 e. The summed E-state index contributed by atoms with van der Waals surface area (Å²) in [5.74, 6) is 5.47. The third-order valence-electron chi connectivity index (χ3n) is 5.55. The molecule has 1 nitrogen and oxygen atoms in total. The van der Waals surface area contributed by atoms with Crippen LogP contribution in [0.25, 0.3) is 0 Å². The molecule has 2 bridgehead atoms. The number of rotatable bonds is 2. The third kappa shape index (κ3) is 1.05. The van der Waals surface area contributed by atoms with E-state index in [9.17, 15) is 0 Å². The molecule has 14 heavy (non-hydrogen) atoms. The van der Waals surface area contributed by atoms with E-state index in [4.69, 9.17) is 0 Å². The Kier molecular flexibility index (Phi) is 2.12. The molecule has 1 heteroatoms. The summed E-state index contributed by atoms with van der Waals surface area (Å²) in [6.45, 7) is 2.40. The molecule has 0 saturated heterocycles. The van der Waals surface area contributed by atoms with Gasteiger partial charge >= 0.3 is 0 Å². The molecule has 3 fully saturated rings. The van der Waals surface area contributed by atoms with Crippen molar-refractivity contribution in [2.45, 2.75) is 45.1 Å². The van der Waals surface area contributed by atoms with Crippen molar-refractivity contribution in [2.24, 2.45) is 29.6 Å². The van der Waals surface area contributed by atoms with Gasteiger partial charge < -0.3 is 5.32 Å². The predicted octanol–water partition coefficient (Wildman–Crippen LogP) is 2.67. The summed E-state index contributed by atoms with van der Waals surface area (Å²) in [7, 11) is 2.16. The van der Waals surface area contributed by atoms with Crippen LogP contribution < -0.4 is 5.32 Å². The van der Waals surface area contributed by atoms with Crippen molar-refractivity contribution >= 4 is 0 Å². The van der Waals surface area contributed by atoms with Crippen molar-refractivity contribution < 1.29 is 0 Å². The lowest BCUT2D eigenvalue weighted by atomic mass is 9.75. The first-order valence-corrected chi connectivity index (χ1v) is 6.52. The van der Waals surface area contributed by atoms with Crippen LogP contribution in [-0.2, 0) is 0 Å². The predicted molar refractivity (Wildman–Crippen MR) is 59.1 cm³/mol. The lowest BCUT2D eigenvalue weighted by Crippen LogP contribution is -2.38. The molecule has 0 amide bonds. The number of hydrogen-bond donors (Lipinski definition) is 1. The fraction of sp³-hybridized carbons (Fsp3) is 1.00. The van der Waals surface area contributed by atoms with Gasteiger partial charge in [-0.15, -0.1) is 0 Å². The molecule has 1 N–H and O–H groups in total. The van der Waals surface area contributed by atoms with Crippen molar-refractivity contribution in [3.05, 3.63) is 0 Å². The molecule has 3 aliphatic carbocycles. The Morgan fingerprint density at radius 2 is 2.00 bits per heavy atom. The molecule has 3 rings (SSSR count). The molecule has 0 aromatic rings. The van der Waals surface area contributed by atoms with Gasteiger partial charge in [-0.1, -0.05) is 13.3 Å². The van der Waals surface area contributed by atoms with Crippen LogP contribution in [0.4, 0.5) is 0 Å². The minimum Gasteiger partial charge on any atom is -0.317 e. The molecule has 3 saturated carbocycles. The van der Waals surface area contributed by atoms with Gasteiger partial charge in [0.2, 0.25) is 0 Å². The minimum atomic E-state index is 0.872. The lowest BCUT2D eigenvalue weighted by Gasteiger charge is -2.33. The van der Waals surface area contributed by atoms with E-state index in [-0.39, 0.29) is 0 Å². The highest BCUT2D eigenvalue weighted by molar-refractivity contribution is 5.07. The first-order chi connectivity index (χ1) is 6.85. The maximum atomic E-state index is 3.54. The molecule has 0 aromatic carbocycles. The highest BCUT2D eigenvalue weighted by atomic mass is 14.9. The Morgan fingerprint density at radius 3 is 2.71 bits per heavy atom. The van der Waals surface area contributed by atoms with Gasteiger partial charge in [-0.25, -0.2) is 0 Å². The van der Waals surface area contributed by atoms with E-state index in [2.05, 4.69) is 19.3 Å². The van der Waals surface area contributed by atoms with E-state index in [1.165, 1.54) is 19.3 Å². The fourth-order valence-corrected chi connectivity index (χ4v) is 5.08. The number of fused-ring (bicyclic) bond motifs is 5. The molecule has 6 atom stereocenters. The molecule has 0 radical (unpaired) electrons. The first-order valence-electron chi connectivity index (χ1n) is 6.52. The van der Waals surface area contributed by atoms with Gasteiger partial charge in [-0.3, -0.25) is 0 Å². The topological polar surface area (TPSA) is 12.0 Å². The summed E-state index contributed by atoms with van der Waals surface area (Å²) < 4.78 is 0. The summed E-state index contributed by atoms with van der Waals surface area (Å²) in [6, 6.07) is 0.872. The van der Waals surface area contributed by atoms with Gasteiger partial charge in [-0.2, -0.15) is 0 Å². The van der Waals surface area contributed by atoms with Crippen LogP contribution in [0.5, 0.6) is 0 Å². The maximum absolute atomic E-state index is 3.54. The zero-order valence-electron chi connectivity index (χ0n) is 9.50. The Labute approximate surface area is 87.7 Å². The van der Waals surface area contributed by atoms with E-state index in [0.717, 1.165) is 35.6 Å². The molecular weight excluding hydrogens is 170 g/mol. The second-order valence-electron chi connectivity index (χ2n) is 5.78. The zero-order chi connectivity index (χ0) is 9.71. The van der Waals surface area contributed by atoms with Crippen LogP contribution >= 0.6 is 0 Å². The average molecular weight is 193 g/mol. The molecule has 0 aliphatic heterocycles.